The van der Waals surface area contributed by atoms with Gasteiger partial charge in [0, 0.05) is 6.54 Å². The zero-order valence-electron chi connectivity index (χ0n) is 14.3. The van der Waals surface area contributed by atoms with Crippen molar-refractivity contribution < 1.29 is 9.21 Å². The predicted octanol–water partition coefficient (Wildman–Crippen LogP) is 3.35. The van der Waals surface area contributed by atoms with E-state index in [4.69, 9.17) is 4.42 Å². The standard InChI is InChI=1S/C19H20N4O2S/c24-18-16(10-4-5-11-20-18)26-19-22-21-17(15-9-6-12-25-15)23(19)13-14-7-2-1-3-8-14/h1-3,6-9,12,16H,4-5,10-11,13H2,(H,20,24). The molecular formula is C19H20N4O2S. The summed E-state index contributed by atoms with van der Waals surface area (Å²) in [5, 5.41) is 12.3. The maximum atomic E-state index is 12.3. The molecule has 3 heterocycles. The Kier molecular flexibility index (Phi) is 5.06. The van der Waals surface area contributed by atoms with Gasteiger partial charge in [0.25, 0.3) is 0 Å². The number of carbonyl (C=O) groups is 1. The number of aromatic nitrogens is 3. The molecule has 134 valence electrons. The zero-order chi connectivity index (χ0) is 17.8. The number of rotatable bonds is 5. The van der Waals surface area contributed by atoms with Gasteiger partial charge < -0.3 is 9.73 Å². The molecule has 1 aliphatic heterocycles. The van der Waals surface area contributed by atoms with E-state index in [9.17, 15) is 4.79 Å². The first kappa shape index (κ1) is 16.9. The summed E-state index contributed by atoms with van der Waals surface area (Å²) in [5.74, 6) is 1.43. The summed E-state index contributed by atoms with van der Waals surface area (Å²) in [6.45, 7) is 1.38. The summed E-state index contributed by atoms with van der Waals surface area (Å²) in [4.78, 5) is 12.3. The zero-order valence-corrected chi connectivity index (χ0v) is 15.1. The first-order valence-corrected chi connectivity index (χ1v) is 9.64. The fourth-order valence-electron chi connectivity index (χ4n) is 3.02. The van der Waals surface area contributed by atoms with Crippen LogP contribution in [0.4, 0.5) is 0 Å². The van der Waals surface area contributed by atoms with Crippen molar-refractivity contribution in [2.24, 2.45) is 0 Å². The van der Waals surface area contributed by atoms with E-state index < -0.39 is 0 Å². The monoisotopic (exact) mass is 368 g/mol. The molecule has 4 rings (SSSR count). The second-order valence-electron chi connectivity index (χ2n) is 6.25. The highest BCUT2D eigenvalue weighted by Gasteiger charge is 2.26. The van der Waals surface area contributed by atoms with E-state index >= 15 is 0 Å². The van der Waals surface area contributed by atoms with Crippen LogP contribution in [0.5, 0.6) is 0 Å². The molecule has 1 amide bonds. The van der Waals surface area contributed by atoms with Gasteiger partial charge in [-0.3, -0.25) is 9.36 Å². The van der Waals surface area contributed by atoms with Gasteiger partial charge in [0.05, 0.1) is 18.1 Å². The first-order valence-electron chi connectivity index (χ1n) is 8.76. The molecule has 1 fully saturated rings. The van der Waals surface area contributed by atoms with Crippen LogP contribution in [0.2, 0.25) is 0 Å². The van der Waals surface area contributed by atoms with Crippen LogP contribution < -0.4 is 5.32 Å². The predicted molar refractivity (Wildman–Crippen MR) is 99.8 cm³/mol. The van der Waals surface area contributed by atoms with Crippen LogP contribution in [0.15, 0.2) is 58.3 Å². The van der Waals surface area contributed by atoms with Gasteiger partial charge in [-0.1, -0.05) is 48.5 Å². The molecule has 0 saturated carbocycles. The maximum absolute atomic E-state index is 12.3. The Morgan fingerprint density at radius 3 is 2.85 bits per heavy atom. The van der Waals surface area contributed by atoms with E-state index in [2.05, 4.69) is 27.6 Å². The van der Waals surface area contributed by atoms with Crippen LogP contribution in [-0.4, -0.2) is 32.5 Å². The summed E-state index contributed by atoms with van der Waals surface area (Å²) in [5.41, 5.74) is 1.15. The molecule has 7 heteroatoms. The van der Waals surface area contributed by atoms with Crippen LogP contribution >= 0.6 is 11.8 Å². The van der Waals surface area contributed by atoms with Crippen LogP contribution in [0.1, 0.15) is 24.8 Å². The van der Waals surface area contributed by atoms with Crippen molar-refractivity contribution in [3.8, 4) is 11.6 Å². The molecule has 1 saturated heterocycles. The average molecular weight is 368 g/mol. The minimum atomic E-state index is -0.138. The van der Waals surface area contributed by atoms with Crippen LogP contribution in [0.3, 0.4) is 0 Å². The lowest BCUT2D eigenvalue weighted by atomic mass is 10.2. The van der Waals surface area contributed by atoms with Crippen LogP contribution in [0, 0.1) is 0 Å². The van der Waals surface area contributed by atoms with Gasteiger partial charge in [0.1, 0.15) is 0 Å². The fourth-order valence-corrected chi connectivity index (χ4v) is 4.12. The SMILES string of the molecule is O=C1NCCCCC1Sc1nnc(-c2ccco2)n1Cc1ccccc1. The topological polar surface area (TPSA) is 73.0 Å². The number of carbonyl (C=O) groups excluding carboxylic acids is 1. The third kappa shape index (κ3) is 3.67. The lowest BCUT2D eigenvalue weighted by Crippen LogP contribution is -2.30. The Bertz CT molecular complexity index is 861. The molecule has 0 bridgehead atoms. The molecule has 0 spiro atoms. The Balaban J connectivity index is 1.66. The summed E-state index contributed by atoms with van der Waals surface area (Å²) in [7, 11) is 0. The van der Waals surface area contributed by atoms with Crippen LogP contribution in [-0.2, 0) is 11.3 Å². The van der Waals surface area contributed by atoms with Crippen molar-refractivity contribution in [3.05, 3.63) is 54.3 Å². The molecule has 1 aliphatic rings. The van der Waals surface area contributed by atoms with E-state index in [0.717, 1.165) is 36.5 Å². The minimum absolute atomic E-state index is 0.0845. The first-order chi connectivity index (χ1) is 12.8. The number of benzene rings is 1. The number of hydrogen-bond donors (Lipinski definition) is 1. The van der Waals surface area contributed by atoms with Gasteiger partial charge in [0.2, 0.25) is 11.7 Å². The van der Waals surface area contributed by atoms with Crippen molar-refractivity contribution in [2.75, 3.05) is 6.54 Å². The molecule has 3 aromatic rings. The van der Waals surface area contributed by atoms with E-state index in [-0.39, 0.29) is 11.2 Å². The Morgan fingerprint density at radius 1 is 1.15 bits per heavy atom. The Labute approximate surface area is 156 Å². The number of hydrogen-bond acceptors (Lipinski definition) is 5. The van der Waals surface area contributed by atoms with Crippen molar-refractivity contribution in [1.29, 1.82) is 0 Å². The molecule has 26 heavy (non-hydrogen) atoms. The van der Waals surface area contributed by atoms with Gasteiger partial charge >= 0.3 is 0 Å². The van der Waals surface area contributed by atoms with E-state index in [1.807, 2.05) is 34.9 Å². The van der Waals surface area contributed by atoms with Crippen molar-refractivity contribution in [1.82, 2.24) is 20.1 Å². The number of nitrogens with zero attached hydrogens (tertiary/aromatic N) is 3. The van der Waals surface area contributed by atoms with Crippen molar-refractivity contribution in [3.63, 3.8) is 0 Å². The average Bonchev–Trinajstić information content (AvgIpc) is 3.27. The summed E-state index contributed by atoms with van der Waals surface area (Å²) in [6, 6.07) is 13.9. The number of nitrogens with one attached hydrogen (secondary N) is 1. The molecule has 2 aromatic heterocycles. The molecule has 1 aromatic carbocycles. The highest BCUT2D eigenvalue weighted by molar-refractivity contribution is 8.00. The minimum Gasteiger partial charge on any atom is -0.461 e. The molecule has 0 radical (unpaired) electrons. The summed E-state index contributed by atoms with van der Waals surface area (Å²) in [6.07, 6.45) is 4.54. The van der Waals surface area contributed by atoms with E-state index in [0.29, 0.717) is 18.1 Å². The van der Waals surface area contributed by atoms with Crippen molar-refractivity contribution in [2.45, 2.75) is 36.2 Å². The highest BCUT2D eigenvalue weighted by Crippen LogP contribution is 2.30. The highest BCUT2D eigenvalue weighted by atomic mass is 32.2. The Hall–Kier alpha value is -2.54. The second-order valence-corrected chi connectivity index (χ2v) is 7.42. The number of amides is 1. The number of thioether (sulfide) groups is 1. The molecule has 1 unspecified atom stereocenters. The van der Waals surface area contributed by atoms with Gasteiger partial charge in [0.15, 0.2) is 10.9 Å². The summed E-state index contributed by atoms with van der Waals surface area (Å²) < 4.78 is 7.56. The van der Waals surface area contributed by atoms with Crippen LogP contribution in [0.25, 0.3) is 11.6 Å². The van der Waals surface area contributed by atoms with E-state index in [1.165, 1.54) is 11.8 Å². The van der Waals surface area contributed by atoms with Gasteiger partial charge in [-0.25, -0.2) is 0 Å². The quantitative estimate of drug-likeness (QED) is 0.748. The molecule has 6 nitrogen and oxygen atoms in total. The summed E-state index contributed by atoms with van der Waals surface area (Å²) >= 11 is 1.49. The lowest BCUT2D eigenvalue weighted by Gasteiger charge is -2.14. The molecule has 0 aliphatic carbocycles. The largest absolute Gasteiger partial charge is 0.461 e. The molecule has 1 N–H and O–H groups in total. The van der Waals surface area contributed by atoms with Gasteiger partial charge in [-0.05, 0) is 30.5 Å². The second kappa shape index (κ2) is 7.78. The third-order valence-electron chi connectivity index (χ3n) is 4.37. The number of furan rings is 1. The lowest BCUT2D eigenvalue weighted by molar-refractivity contribution is -0.120. The third-order valence-corrected chi connectivity index (χ3v) is 5.62. The maximum Gasteiger partial charge on any atom is 0.233 e. The van der Waals surface area contributed by atoms with Gasteiger partial charge in [-0.2, -0.15) is 0 Å². The van der Waals surface area contributed by atoms with E-state index in [1.54, 1.807) is 6.26 Å². The van der Waals surface area contributed by atoms with Gasteiger partial charge in [-0.15, -0.1) is 10.2 Å². The smallest absolute Gasteiger partial charge is 0.233 e. The fraction of sp³-hybridized carbons (Fsp3) is 0.316. The molecule has 1 atom stereocenters. The Morgan fingerprint density at radius 2 is 2.04 bits per heavy atom. The normalized spacial score (nSPS) is 17.7. The van der Waals surface area contributed by atoms with Crippen molar-refractivity contribution >= 4 is 17.7 Å². The molecular weight excluding hydrogens is 348 g/mol.